The van der Waals surface area contributed by atoms with Crippen molar-refractivity contribution in [2.24, 2.45) is 5.92 Å². The molecule has 8 heteroatoms. The lowest BCUT2D eigenvalue weighted by molar-refractivity contribution is -0.143. The zero-order chi connectivity index (χ0) is 21.2. The normalized spacial score (nSPS) is 15.5. The van der Waals surface area contributed by atoms with Crippen molar-refractivity contribution in [2.45, 2.75) is 44.6 Å². The van der Waals surface area contributed by atoms with Gasteiger partial charge in [0.15, 0.2) is 0 Å². The molecule has 29 heavy (non-hydrogen) atoms. The van der Waals surface area contributed by atoms with Crippen LogP contribution in [0.1, 0.15) is 42.4 Å². The summed E-state index contributed by atoms with van der Waals surface area (Å²) < 4.78 is 78.4. The first-order valence-electron chi connectivity index (χ1n) is 9.20. The third-order valence-electron chi connectivity index (χ3n) is 5.04. The molecule has 0 saturated heterocycles. The van der Waals surface area contributed by atoms with Gasteiger partial charge in [-0.3, -0.25) is 4.79 Å². The van der Waals surface area contributed by atoms with Crippen molar-refractivity contribution in [3.8, 4) is 11.1 Å². The highest BCUT2D eigenvalue weighted by Crippen LogP contribution is 2.38. The lowest BCUT2D eigenvalue weighted by Crippen LogP contribution is -2.28. The number of halogens is 6. The molecular weight excluding hydrogens is 396 g/mol. The van der Waals surface area contributed by atoms with Crippen LogP contribution in [0.3, 0.4) is 0 Å². The second kappa shape index (κ2) is 8.08. The van der Waals surface area contributed by atoms with Crippen molar-refractivity contribution in [3.63, 3.8) is 0 Å². The molecule has 1 amide bonds. The molecule has 0 radical (unpaired) electrons. The maximum Gasteiger partial charge on any atom is 0.416 e. The van der Waals surface area contributed by atoms with Crippen LogP contribution in [0.4, 0.5) is 26.3 Å². The van der Waals surface area contributed by atoms with E-state index >= 15 is 0 Å². The van der Waals surface area contributed by atoms with Gasteiger partial charge >= 0.3 is 12.4 Å². The Hall–Kier alpha value is -2.51. The van der Waals surface area contributed by atoms with Gasteiger partial charge in [0.2, 0.25) is 5.91 Å². The summed E-state index contributed by atoms with van der Waals surface area (Å²) in [6.07, 6.45) is -6.13. The minimum atomic E-state index is -4.90. The monoisotopic (exact) mass is 415 g/mol. The predicted molar refractivity (Wildman–Crippen MR) is 95.7 cm³/mol. The predicted octanol–water partition coefficient (Wildman–Crippen LogP) is 6.20. The van der Waals surface area contributed by atoms with Gasteiger partial charge in [-0.1, -0.05) is 31.0 Å². The van der Waals surface area contributed by atoms with Crippen LogP contribution in [-0.2, 0) is 23.7 Å². The van der Waals surface area contributed by atoms with Crippen molar-refractivity contribution in [3.05, 3.63) is 59.2 Å². The number of hydrogen-bond acceptors (Lipinski definition) is 1. The summed E-state index contributed by atoms with van der Waals surface area (Å²) in [6.45, 7) is 0.161. The van der Waals surface area contributed by atoms with Crippen LogP contribution in [-0.4, -0.2) is 5.91 Å². The molecule has 0 aromatic heterocycles. The number of alkyl halides is 6. The second-order valence-corrected chi connectivity index (χ2v) is 7.19. The molecule has 1 fully saturated rings. The van der Waals surface area contributed by atoms with Crippen LogP contribution in [0.25, 0.3) is 11.1 Å². The Balaban J connectivity index is 1.86. The van der Waals surface area contributed by atoms with Gasteiger partial charge in [-0.05, 0) is 53.8 Å². The lowest BCUT2D eigenvalue weighted by Gasteiger charge is -2.15. The topological polar surface area (TPSA) is 29.1 Å². The molecule has 0 spiro atoms. The SMILES string of the molecule is O=C(NCc1cccc(-c2cc(C(F)(F)F)cc(C(F)(F)F)c2)c1)C1CCCC1. The Labute approximate surface area is 163 Å². The zero-order valence-electron chi connectivity index (χ0n) is 15.3. The molecule has 2 aromatic carbocycles. The quantitative estimate of drug-likeness (QED) is 0.592. The van der Waals surface area contributed by atoms with E-state index < -0.39 is 23.5 Å². The first-order chi connectivity index (χ1) is 13.5. The van der Waals surface area contributed by atoms with E-state index in [1.165, 1.54) is 12.1 Å². The van der Waals surface area contributed by atoms with E-state index in [1.54, 1.807) is 12.1 Å². The molecular formula is C21H19F6NO. The number of amides is 1. The second-order valence-electron chi connectivity index (χ2n) is 7.19. The molecule has 156 valence electrons. The van der Waals surface area contributed by atoms with E-state index in [0.717, 1.165) is 25.7 Å². The average Bonchev–Trinajstić information content (AvgIpc) is 3.19. The van der Waals surface area contributed by atoms with E-state index in [4.69, 9.17) is 0 Å². The fourth-order valence-electron chi connectivity index (χ4n) is 3.50. The molecule has 2 aromatic rings. The molecule has 1 aliphatic carbocycles. The smallest absolute Gasteiger partial charge is 0.352 e. The van der Waals surface area contributed by atoms with Crippen LogP contribution in [0.5, 0.6) is 0 Å². The van der Waals surface area contributed by atoms with Crippen LogP contribution < -0.4 is 5.32 Å². The van der Waals surface area contributed by atoms with Crippen LogP contribution in [0, 0.1) is 5.92 Å². The Morgan fingerprint density at radius 1 is 0.862 bits per heavy atom. The molecule has 2 nitrogen and oxygen atoms in total. The molecule has 1 saturated carbocycles. The number of carbonyl (C=O) groups is 1. The molecule has 1 aliphatic rings. The van der Waals surface area contributed by atoms with Gasteiger partial charge in [-0.15, -0.1) is 0 Å². The molecule has 0 atom stereocenters. The summed E-state index contributed by atoms with van der Waals surface area (Å²) in [5, 5.41) is 2.79. The highest BCUT2D eigenvalue weighted by atomic mass is 19.4. The summed E-state index contributed by atoms with van der Waals surface area (Å²) in [5.41, 5.74) is -2.09. The minimum Gasteiger partial charge on any atom is -0.352 e. The maximum atomic E-state index is 13.1. The molecule has 0 unspecified atom stereocenters. The Morgan fingerprint density at radius 2 is 1.45 bits per heavy atom. The van der Waals surface area contributed by atoms with Crippen molar-refractivity contribution in [2.75, 3.05) is 0 Å². The van der Waals surface area contributed by atoms with Gasteiger partial charge in [0.05, 0.1) is 11.1 Å². The van der Waals surface area contributed by atoms with Crippen LogP contribution in [0.15, 0.2) is 42.5 Å². The summed E-state index contributed by atoms with van der Waals surface area (Å²) in [6, 6.07) is 7.64. The first-order valence-corrected chi connectivity index (χ1v) is 9.20. The standard InChI is InChI=1S/C21H19F6NO/c22-20(23,24)17-9-16(10-18(11-17)21(25,26)27)15-7-3-4-13(8-15)12-28-19(29)14-5-1-2-6-14/h3-4,7-11,14H,1-2,5-6,12H2,(H,28,29). The van der Waals surface area contributed by atoms with Gasteiger partial charge in [-0.2, -0.15) is 26.3 Å². The van der Waals surface area contributed by atoms with Gasteiger partial charge in [-0.25, -0.2) is 0 Å². The summed E-state index contributed by atoms with van der Waals surface area (Å²) >= 11 is 0. The van der Waals surface area contributed by atoms with E-state index in [1.807, 2.05) is 0 Å². The molecule has 0 bridgehead atoms. The fourth-order valence-corrected chi connectivity index (χ4v) is 3.50. The largest absolute Gasteiger partial charge is 0.416 e. The Morgan fingerprint density at radius 3 is 2.00 bits per heavy atom. The molecule has 0 aliphatic heterocycles. The maximum absolute atomic E-state index is 13.1. The first kappa shape index (κ1) is 21.2. The minimum absolute atomic E-state index is 0.0315. The third kappa shape index (κ3) is 5.31. The number of nitrogens with one attached hydrogen (secondary N) is 1. The Bertz CT molecular complexity index is 849. The van der Waals surface area contributed by atoms with Crippen molar-refractivity contribution in [1.82, 2.24) is 5.32 Å². The number of hydrogen-bond donors (Lipinski definition) is 1. The highest BCUT2D eigenvalue weighted by molar-refractivity contribution is 5.79. The highest BCUT2D eigenvalue weighted by Gasteiger charge is 2.37. The van der Waals surface area contributed by atoms with E-state index in [0.29, 0.717) is 17.7 Å². The number of carbonyl (C=O) groups excluding carboxylic acids is 1. The molecule has 1 N–H and O–H groups in total. The number of rotatable bonds is 4. The van der Waals surface area contributed by atoms with Gasteiger partial charge in [0.1, 0.15) is 0 Å². The number of benzene rings is 2. The summed E-state index contributed by atoms with van der Waals surface area (Å²) in [5.74, 6) is -0.109. The molecule has 3 rings (SSSR count). The van der Waals surface area contributed by atoms with Crippen LogP contribution >= 0.6 is 0 Å². The van der Waals surface area contributed by atoms with E-state index in [-0.39, 0.29) is 35.6 Å². The average molecular weight is 415 g/mol. The van der Waals surface area contributed by atoms with Gasteiger partial charge in [0, 0.05) is 12.5 Å². The van der Waals surface area contributed by atoms with Crippen molar-refractivity contribution in [1.29, 1.82) is 0 Å². The van der Waals surface area contributed by atoms with Crippen molar-refractivity contribution >= 4 is 5.91 Å². The zero-order valence-corrected chi connectivity index (χ0v) is 15.3. The summed E-state index contributed by atoms with van der Waals surface area (Å²) in [7, 11) is 0. The third-order valence-corrected chi connectivity index (χ3v) is 5.04. The van der Waals surface area contributed by atoms with Gasteiger partial charge in [0.25, 0.3) is 0 Å². The van der Waals surface area contributed by atoms with Crippen molar-refractivity contribution < 1.29 is 31.1 Å². The summed E-state index contributed by atoms with van der Waals surface area (Å²) in [4.78, 5) is 12.1. The van der Waals surface area contributed by atoms with E-state index in [2.05, 4.69) is 5.32 Å². The van der Waals surface area contributed by atoms with E-state index in [9.17, 15) is 31.1 Å². The van der Waals surface area contributed by atoms with Crippen LogP contribution in [0.2, 0.25) is 0 Å². The van der Waals surface area contributed by atoms with Gasteiger partial charge < -0.3 is 5.32 Å². The molecule has 0 heterocycles. The Kier molecular flexibility index (Phi) is 5.91. The fraction of sp³-hybridized carbons (Fsp3) is 0.381. The lowest BCUT2D eigenvalue weighted by atomic mass is 9.97.